The highest BCUT2D eigenvalue weighted by atomic mass is 32.2. The average molecular weight is 418 g/mol. The number of nitrogens with zero attached hydrogens (tertiary/aromatic N) is 1. The van der Waals surface area contributed by atoms with Crippen LogP contribution in [0.15, 0.2) is 113 Å². The van der Waals surface area contributed by atoms with E-state index in [0.717, 1.165) is 12.0 Å². The lowest BCUT2D eigenvalue weighted by atomic mass is 9.89. The van der Waals surface area contributed by atoms with Crippen LogP contribution in [0.3, 0.4) is 0 Å². The molecular formula is C29H23NS. The molecule has 1 unspecified atom stereocenters. The molecule has 0 radical (unpaired) electrons. The fourth-order valence-corrected chi connectivity index (χ4v) is 5.80. The first-order valence-electron chi connectivity index (χ1n) is 10.8. The Morgan fingerprint density at radius 3 is 2.77 bits per heavy atom. The summed E-state index contributed by atoms with van der Waals surface area (Å²) in [6.45, 7) is 6.84. The SMILES string of the molecule is C=C1/C2=C\C=C/N(C3=CCC(C)C=C3)c3cccc(c31)-c1c(ccc3ccccc13)S2. The van der Waals surface area contributed by atoms with Crippen LogP contribution in [0.2, 0.25) is 0 Å². The Morgan fingerprint density at radius 2 is 1.90 bits per heavy atom. The Hall–Kier alpha value is -3.23. The van der Waals surface area contributed by atoms with Crippen LogP contribution < -0.4 is 4.90 Å². The molecule has 0 amide bonds. The summed E-state index contributed by atoms with van der Waals surface area (Å²) in [7, 11) is 0. The van der Waals surface area contributed by atoms with Gasteiger partial charge >= 0.3 is 0 Å². The molecule has 31 heavy (non-hydrogen) atoms. The Balaban J connectivity index is 1.67. The summed E-state index contributed by atoms with van der Waals surface area (Å²) in [5.41, 5.74) is 7.32. The smallest absolute Gasteiger partial charge is 0.0540 e. The lowest BCUT2D eigenvalue weighted by molar-refractivity contribution is 0.728. The Kier molecular flexibility index (Phi) is 4.29. The van der Waals surface area contributed by atoms with E-state index >= 15 is 0 Å². The zero-order valence-electron chi connectivity index (χ0n) is 17.5. The summed E-state index contributed by atoms with van der Waals surface area (Å²) in [5, 5.41) is 2.57. The van der Waals surface area contributed by atoms with Crippen LogP contribution in [0.5, 0.6) is 0 Å². The molecule has 0 saturated heterocycles. The number of allylic oxidation sites excluding steroid dienone is 6. The topological polar surface area (TPSA) is 3.24 Å². The molecule has 2 heteroatoms. The van der Waals surface area contributed by atoms with E-state index in [1.54, 1.807) is 0 Å². The van der Waals surface area contributed by atoms with Crippen molar-refractivity contribution < 1.29 is 0 Å². The quantitative estimate of drug-likeness (QED) is 0.391. The van der Waals surface area contributed by atoms with Crippen molar-refractivity contribution in [2.75, 3.05) is 4.90 Å². The largest absolute Gasteiger partial charge is 0.317 e. The van der Waals surface area contributed by atoms with E-state index in [1.807, 2.05) is 11.8 Å². The highest BCUT2D eigenvalue weighted by Gasteiger charge is 2.27. The van der Waals surface area contributed by atoms with Gasteiger partial charge in [-0.15, -0.1) is 0 Å². The second-order valence-electron chi connectivity index (χ2n) is 8.38. The van der Waals surface area contributed by atoms with E-state index in [4.69, 9.17) is 0 Å². The van der Waals surface area contributed by atoms with Gasteiger partial charge in [-0.1, -0.05) is 79.9 Å². The summed E-state index contributed by atoms with van der Waals surface area (Å²) < 4.78 is 0. The Labute approximate surface area is 187 Å². The maximum atomic E-state index is 4.58. The summed E-state index contributed by atoms with van der Waals surface area (Å²) in [6, 6.07) is 19.9. The van der Waals surface area contributed by atoms with Gasteiger partial charge in [0.05, 0.1) is 5.69 Å². The van der Waals surface area contributed by atoms with E-state index in [0.29, 0.717) is 5.92 Å². The highest BCUT2D eigenvalue weighted by Crippen LogP contribution is 2.53. The van der Waals surface area contributed by atoms with E-state index in [-0.39, 0.29) is 0 Å². The van der Waals surface area contributed by atoms with Gasteiger partial charge in [0.1, 0.15) is 0 Å². The third-order valence-corrected chi connectivity index (χ3v) is 7.50. The van der Waals surface area contributed by atoms with Crippen LogP contribution >= 0.6 is 11.8 Å². The molecular weight excluding hydrogens is 394 g/mol. The van der Waals surface area contributed by atoms with Crippen LogP contribution in [0, 0.1) is 5.92 Å². The number of fused-ring (bicyclic) bond motifs is 5. The van der Waals surface area contributed by atoms with E-state index in [9.17, 15) is 0 Å². The molecule has 2 aliphatic heterocycles. The molecule has 1 nitrogen and oxygen atoms in total. The van der Waals surface area contributed by atoms with Crippen molar-refractivity contribution in [3.05, 3.63) is 114 Å². The molecule has 1 atom stereocenters. The van der Waals surface area contributed by atoms with Crippen molar-refractivity contribution in [3.8, 4) is 11.1 Å². The van der Waals surface area contributed by atoms with Gasteiger partial charge in [-0.2, -0.15) is 0 Å². The molecule has 0 N–H and O–H groups in total. The Morgan fingerprint density at radius 1 is 1.00 bits per heavy atom. The van der Waals surface area contributed by atoms with Gasteiger partial charge in [-0.3, -0.25) is 0 Å². The molecule has 6 rings (SSSR count). The first-order chi connectivity index (χ1) is 15.2. The monoisotopic (exact) mass is 417 g/mol. The predicted octanol–water partition coefficient (Wildman–Crippen LogP) is 8.32. The first-order valence-corrected chi connectivity index (χ1v) is 11.6. The first kappa shape index (κ1) is 18.5. The van der Waals surface area contributed by atoms with Gasteiger partial charge in [-0.25, -0.2) is 0 Å². The molecule has 3 aliphatic rings. The number of thioether (sulfide) groups is 1. The minimum absolute atomic E-state index is 0.589. The standard InChI is InChI=1S/C29H23NS/c1-19-12-15-22(16-13-19)30-18-6-11-26-20(2)28-24(9-5-10-25(28)30)29-23-8-4-3-7-21(23)14-17-27(29)31-26/h3-12,14-19H,2,13H2,1H3/b18-6-,26-11+. The van der Waals surface area contributed by atoms with Crippen molar-refractivity contribution in [2.24, 2.45) is 5.92 Å². The zero-order valence-corrected chi connectivity index (χ0v) is 18.3. The van der Waals surface area contributed by atoms with Crippen LogP contribution in [-0.2, 0) is 0 Å². The van der Waals surface area contributed by atoms with Crippen LogP contribution in [-0.4, -0.2) is 0 Å². The third-order valence-electron chi connectivity index (χ3n) is 6.34. The fourth-order valence-electron chi connectivity index (χ4n) is 4.74. The zero-order chi connectivity index (χ0) is 20.9. The van der Waals surface area contributed by atoms with Gasteiger partial charge in [0.25, 0.3) is 0 Å². The van der Waals surface area contributed by atoms with Crippen LogP contribution in [0.1, 0.15) is 18.9 Å². The summed E-state index contributed by atoms with van der Waals surface area (Å²) in [6.07, 6.45) is 14.5. The molecule has 2 bridgehead atoms. The van der Waals surface area contributed by atoms with E-state index < -0.39 is 0 Å². The molecule has 150 valence electrons. The second-order valence-corrected chi connectivity index (χ2v) is 9.47. The summed E-state index contributed by atoms with van der Waals surface area (Å²) in [4.78, 5) is 4.82. The lowest BCUT2D eigenvalue weighted by Gasteiger charge is -2.29. The average Bonchev–Trinajstić information content (AvgIpc) is 2.92. The normalized spacial score (nSPS) is 22.0. The second kappa shape index (κ2) is 7.18. The fraction of sp³-hybridized carbons (Fsp3) is 0.103. The molecule has 3 aromatic carbocycles. The molecule has 0 fully saturated rings. The number of hydrogen-bond acceptors (Lipinski definition) is 2. The van der Waals surface area contributed by atoms with Crippen molar-refractivity contribution in [3.63, 3.8) is 0 Å². The molecule has 0 saturated carbocycles. The van der Waals surface area contributed by atoms with Gasteiger partial charge in [0.15, 0.2) is 0 Å². The number of benzene rings is 3. The number of hydrogen-bond donors (Lipinski definition) is 0. The van der Waals surface area contributed by atoms with Crippen molar-refractivity contribution in [1.29, 1.82) is 0 Å². The van der Waals surface area contributed by atoms with Crippen molar-refractivity contribution in [1.82, 2.24) is 0 Å². The van der Waals surface area contributed by atoms with Gasteiger partial charge in [0.2, 0.25) is 0 Å². The summed E-state index contributed by atoms with van der Waals surface area (Å²) >= 11 is 1.82. The number of rotatable bonds is 1. The number of anilines is 1. The third kappa shape index (κ3) is 2.94. The summed E-state index contributed by atoms with van der Waals surface area (Å²) in [5.74, 6) is 0.589. The predicted molar refractivity (Wildman–Crippen MR) is 135 cm³/mol. The Bertz CT molecular complexity index is 1370. The van der Waals surface area contributed by atoms with Crippen molar-refractivity contribution >= 4 is 33.8 Å². The van der Waals surface area contributed by atoms with Gasteiger partial charge < -0.3 is 4.90 Å². The minimum atomic E-state index is 0.589. The lowest BCUT2D eigenvalue weighted by Crippen LogP contribution is -2.18. The maximum Gasteiger partial charge on any atom is 0.0540 e. The van der Waals surface area contributed by atoms with Gasteiger partial charge in [0, 0.05) is 32.8 Å². The highest BCUT2D eigenvalue weighted by molar-refractivity contribution is 8.03. The molecule has 3 aromatic rings. The van der Waals surface area contributed by atoms with Crippen molar-refractivity contribution in [2.45, 2.75) is 18.2 Å². The van der Waals surface area contributed by atoms with Crippen LogP contribution in [0.25, 0.3) is 27.5 Å². The molecule has 2 heterocycles. The van der Waals surface area contributed by atoms with E-state index in [1.165, 1.54) is 48.6 Å². The van der Waals surface area contributed by atoms with Crippen LogP contribution in [0.4, 0.5) is 5.69 Å². The molecule has 1 aliphatic carbocycles. The molecule has 0 aromatic heterocycles. The van der Waals surface area contributed by atoms with Gasteiger partial charge in [-0.05, 0) is 64.6 Å². The minimum Gasteiger partial charge on any atom is -0.317 e. The molecule has 0 spiro atoms. The van der Waals surface area contributed by atoms with E-state index in [2.05, 4.69) is 110 Å². The maximum absolute atomic E-state index is 4.58.